The van der Waals surface area contributed by atoms with E-state index in [0.29, 0.717) is 28.5 Å². The summed E-state index contributed by atoms with van der Waals surface area (Å²) in [5, 5.41) is 18.5. The average Bonchev–Trinajstić information content (AvgIpc) is 3.34. The molecule has 1 unspecified atom stereocenters. The number of carbonyl (C=O) groups is 2. The monoisotopic (exact) mass is 518 g/mol. The highest BCUT2D eigenvalue weighted by atomic mass is 32.2. The van der Waals surface area contributed by atoms with Crippen molar-refractivity contribution in [3.63, 3.8) is 0 Å². The van der Waals surface area contributed by atoms with Gasteiger partial charge in [-0.05, 0) is 36.8 Å². The minimum absolute atomic E-state index is 0.0158. The molecule has 0 aliphatic heterocycles. The van der Waals surface area contributed by atoms with Crippen molar-refractivity contribution in [2.75, 3.05) is 10.6 Å². The zero-order valence-electron chi connectivity index (χ0n) is 19.2. The lowest BCUT2D eigenvalue weighted by atomic mass is 10.1. The van der Waals surface area contributed by atoms with Crippen LogP contribution < -0.4 is 10.6 Å². The summed E-state index contributed by atoms with van der Waals surface area (Å²) in [7, 11) is 0. The molecule has 1 atom stereocenters. The van der Waals surface area contributed by atoms with E-state index in [-0.39, 0.29) is 17.5 Å². The van der Waals surface area contributed by atoms with Crippen LogP contribution in [0.4, 0.5) is 16.5 Å². The van der Waals surface area contributed by atoms with Crippen molar-refractivity contribution in [1.29, 1.82) is 0 Å². The van der Waals surface area contributed by atoms with Crippen molar-refractivity contribution in [2.24, 2.45) is 0 Å². The molecule has 0 saturated carbocycles. The fraction of sp³-hybridized carbons (Fsp3) is 0.115. The predicted octanol–water partition coefficient (Wildman–Crippen LogP) is 6.02. The summed E-state index contributed by atoms with van der Waals surface area (Å²) in [4.78, 5) is 40.7. The smallest absolute Gasteiger partial charge is 0.270 e. The fourth-order valence-electron chi connectivity index (χ4n) is 3.31. The lowest BCUT2D eigenvalue weighted by molar-refractivity contribution is -0.384. The Morgan fingerprint density at radius 3 is 2.50 bits per heavy atom. The molecule has 0 aliphatic carbocycles. The Bertz CT molecular complexity index is 1370. The van der Waals surface area contributed by atoms with Gasteiger partial charge in [0.15, 0.2) is 5.13 Å². The zero-order valence-corrected chi connectivity index (χ0v) is 20.8. The molecule has 36 heavy (non-hydrogen) atoms. The van der Waals surface area contributed by atoms with Crippen molar-refractivity contribution < 1.29 is 14.5 Å². The van der Waals surface area contributed by atoms with Gasteiger partial charge in [0.25, 0.3) is 5.69 Å². The van der Waals surface area contributed by atoms with Gasteiger partial charge in [-0.25, -0.2) is 4.98 Å². The molecule has 4 aromatic rings. The first kappa shape index (κ1) is 25.1. The average molecular weight is 519 g/mol. The van der Waals surface area contributed by atoms with Gasteiger partial charge in [-0.2, -0.15) is 0 Å². The van der Waals surface area contributed by atoms with Crippen LogP contribution in [0.25, 0.3) is 11.3 Å². The predicted molar refractivity (Wildman–Crippen MR) is 143 cm³/mol. The van der Waals surface area contributed by atoms with Crippen LogP contribution in [-0.4, -0.2) is 27.0 Å². The number of hydrogen-bond donors (Lipinski definition) is 2. The van der Waals surface area contributed by atoms with Gasteiger partial charge >= 0.3 is 0 Å². The van der Waals surface area contributed by atoms with Crippen molar-refractivity contribution in [1.82, 2.24) is 4.98 Å². The number of nitrogens with one attached hydrogen (secondary N) is 2. The summed E-state index contributed by atoms with van der Waals surface area (Å²) in [5.41, 5.74) is 2.79. The third kappa shape index (κ3) is 6.77. The lowest BCUT2D eigenvalue weighted by Gasteiger charge is -2.11. The molecule has 0 saturated heterocycles. The molecule has 0 bridgehead atoms. The molecule has 0 aliphatic rings. The molecule has 0 spiro atoms. The second-order valence-corrected chi connectivity index (χ2v) is 10.1. The molecule has 0 radical (unpaired) electrons. The maximum Gasteiger partial charge on any atom is 0.270 e. The highest BCUT2D eigenvalue weighted by Gasteiger charge is 2.17. The van der Waals surface area contributed by atoms with Crippen LogP contribution in [0.3, 0.4) is 0 Å². The minimum atomic E-state index is -0.456. The Labute approximate surface area is 215 Å². The molecule has 2 amide bonds. The first-order valence-electron chi connectivity index (χ1n) is 11.0. The Hall–Kier alpha value is -4.02. The molecule has 1 heterocycles. The number of anilines is 2. The third-order valence-electron chi connectivity index (χ3n) is 5.11. The van der Waals surface area contributed by atoms with Crippen molar-refractivity contribution >= 4 is 51.4 Å². The van der Waals surface area contributed by atoms with Gasteiger partial charge in [-0.3, -0.25) is 19.7 Å². The minimum Gasteiger partial charge on any atom is -0.326 e. The maximum absolute atomic E-state index is 12.7. The van der Waals surface area contributed by atoms with Crippen molar-refractivity contribution in [2.45, 2.75) is 23.5 Å². The first-order chi connectivity index (χ1) is 17.4. The number of thioether (sulfide) groups is 1. The van der Waals surface area contributed by atoms with Crippen molar-refractivity contribution in [3.8, 4) is 11.3 Å². The molecular formula is C26H22N4O4S2. The van der Waals surface area contributed by atoms with Crippen LogP contribution >= 0.6 is 23.1 Å². The van der Waals surface area contributed by atoms with Crippen LogP contribution in [0.2, 0.25) is 0 Å². The van der Waals surface area contributed by atoms with E-state index in [4.69, 9.17) is 0 Å². The molecule has 10 heteroatoms. The van der Waals surface area contributed by atoms with E-state index in [1.54, 1.807) is 24.4 Å². The van der Waals surface area contributed by atoms with Gasteiger partial charge in [0.2, 0.25) is 11.8 Å². The second-order valence-electron chi connectivity index (χ2n) is 7.83. The fourth-order valence-corrected chi connectivity index (χ4v) is 4.90. The van der Waals surface area contributed by atoms with Crippen LogP contribution in [0.1, 0.15) is 12.5 Å². The molecular weight excluding hydrogens is 496 g/mol. The number of nitro groups is 1. The van der Waals surface area contributed by atoms with Crippen LogP contribution in [-0.2, 0) is 16.0 Å². The number of nitrogens with zero attached hydrogens (tertiary/aromatic N) is 2. The lowest BCUT2D eigenvalue weighted by Crippen LogP contribution is -2.22. The second kappa shape index (κ2) is 11.6. The van der Waals surface area contributed by atoms with Crippen LogP contribution in [0, 0.1) is 10.1 Å². The number of non-ortho nitro benzene ring substituents is 1. The number of rotatable bonds is 9. The van der Waals surface area contributed by atoms with Gasteiger partial charge in [0.05, 0.1) is 22.3 Å². The van der Waals surface area contributed by atoms with Crippen molar-refractivity contribution in [3.05, 3.63) is 99.9 Å². The molecule has 0 fully saturated rings. The topological polar surface area (TPSA) is 114 Å². The summed E-state index contributed by atoms with van der Waals surface area (Å²) in [5.74, 6) is -0.303. The van der Waals surface area contributed by atoms with Crippen LogP contribution in [0.5, 0.6) is 0 Å². The normalized spacial score (nSPS) is 11.5. The van der Waals surface area contributed by atoms with E-state index in [9.17, 15) is 19.7 Å². The van der Waals surface area contributed by atoms with Gasteiger partial charge < -0.3 is 10.6 Å². The van der Waals surface area contributed by atoms with Gasteiger partial charge in [-0.15, -0.1) is 23.1 Å². The van der Waals surface area contributed by atoms with E-state index in [1.807, 2.05) is 54.6 Å². The molecule has 4 rings (SSSR count). The largest absolute Gasteiger partial charge is 0.326 e. The van der Waals surface area contributed by atoms with E-state index in [2.05, 4.69) is 15.6 Å². The number of hydrogen-bond acceptors (Lipinski definition) is 7. The number of carbonyl (C=O) groups excluding carboxylic acids is 2. The summed E-state index contributed by atoms with van der Waals surface area (Å²) >= 11 is 2.64. The molecule has 8 nitrogen and oxygen atoms in total. The van der Waals surface area contributed by atoms with E-state index in [1.165, 1.54) is 35.2 Å². The summed E-state index contributed by atoms with van der Waals surface area (Å²) in [6, 6.07) is 23.1. The third-order valence-corrected chi connectivity index (χ3v) is 6.98. The van der Waals surface area contributed by atoms with Crippen LogP contribution in [0.15, 0.2) is 89.1 Å². The Morgan fingerprint density at radius 1 is 1.03 bits per heavy atom. The van der Waals surface area contributed by atoms with E-state index < -0.39 is 10.2 Å². The molecule has 1 aromatic heterocycles. The zero-order chi connectivity index (χ0) is 25.5. The highest BCUT2D eigenvalue weighted by Crippen LogP contribution is 2.29. The Morgan fingerprint density at radius 2 is 1.78 bits per heavy atom. The Kier molecular flexibility index (Phi) is 8.09. The SMILES string of the molecule is CC(Sc1ccc(NC(=O)Cc2ccccc2)cc1)C(=O)Nc1nc(-c2cccc([N+](=O)[O-])c2)cs1. The maximum atomic E-state index is 12.7. The van der Waals surface area contributed by atoms with Gasteiger partial charge in [0.1, 0.15) is 0 Å². The van der Waals surface area contributed by atoms with Gasteiger partial charge in [0, 0.05) is 33.7 Å². The summed E-state index contributed by atoms with van der Waals surface area (Å²) < 4.78 is 0. The molecule has 2 N–H and O–H groups in total. The van der Waals surface area contributed by atoms with Gasteiger partial charge in [-0.1, -0.05) is 42.5 Å². The summed E-state index contributed by atoms with van der Waals surface area (Å²) in [6.07, 6.45) is 0.300. The number of thiazole rings is 1. The number of aromatic nitrogens is 1. The molecule has 182 valence electrons. The number of benzene rings is 3. The van der Waals surface area contributed by atoms with E-state index in [0.717, 1.165) is 10.5 Å². The standard InChI is InChI=1S/C26H22N4O4S2/c1-17(25(32)29-26-28-23(16-35-26)19-8-5-9-21(15-19)30(33)34)36-22-12-10-20(11-13-22)27-24(31)14-18-6-3-2-4-7-18/h2-13,15-17H,14H2,1H3,(H,27,31)(H,28,29,32). The first-order valence-corrected chi connectivity index (χ1v) is 12.7. The summed E-state index contributed by atoms with van der Waals surface area (Å²) in [6.45, 7) is 1.80. The van der Waals surface area contributed by atoms with E-state index >= 15 is 0 Å². The highest BCUT2D eigenvalue weighted by molar-refractivity contribution is 8.00. The Balaban J connectivity index is 1.30. The quantitative estimate of drug-likeness (QED) is 0.159. The number of nitro benzene ring substituents is 1. The number of amides is 2. The molecule has 3 aromatic carbocycles.